The molecular formula is C19H23N3O7S. The molecule has 0 aliphatic carbocycles. The average molecular weight is 437 g/mol. The van der Waals surface area contributed by atoms with Crippen molar-refractivity contribution in [3.63, 3.8) is 0 Å². The van der Waals surface area contributed by atoms with Crippen molar-refractivity contribution in [2.75, 3.05) is 30.1 Å². The summed E-state index contributed by atoms with van der Waals surface area (Å²) in [7, 11) is -1.04. The van der Waals surface area contributed by atoms with Crippen LogP contribution in [0, 0.1) is 17.0 Å². The minimum absolute atomic E-state index is 0.0519. The Kier molecular flexibility index (Phi) is 6.88. The highest BCUT2D eigenvalue weighted by molar-refractivity contribution is 7.92. The van der Waals surface area contributed by atoms with Crippen LogP contribution in [0.3, 0.4) is 0 Å². The minimum Gasteiger partial charge on any atom is -0.497 e. The highest BCUT2D eigenvalue weighted by atomic mass is 32.2. The molecule has 0 aliphatic rings. The maximum atomic E-state index is 12.9. The summed E-state index contributed by atoms with van der Waals surface area (Å²) in [5.74, 6) is 0.199. The van der Waals surface area contributed by atoms with E-state index in [2.05, 4.69) is 5.32 Å². The first-order chi connectivity index (χ1) is 14.0. The van der Waals surface area contributed by atoms with Crippen molar-refractivity contribution in [1.29, 1.82) is 0 Å². The van der Waals surface area contributed by atoms with E-state index in [9.17, 15) is 23.3 Å². The predicted octanol–water partition coefficient (Wildman–Crippen LogP) is 2.71. The van der Waals surface area contributed by atoms with Crippen LogP contribution in [-0.4, -0.2) is 45.8 Å². The van der Waals surface area contributed by atoms with Crippen LogP contribution in [-0.2, 0) is 14.8 Å². The lowest BCUT2D eigenvalue weighted by molar-refractivity contribution is -0.384. The van der Waals surface area contributed by atoms with E-state index in [1.54, 1.807) is 25.1 Å². The first kappa shape index (κ1) is 22.9. The Morgan fingerprint density at radius 3 is 2.37 bits per heavy atom. The van der Waals surface area contributed by atoms with Gasteiger partial charge in [-0.25, -0.2) is 8.42 Å². The highest BCUT2D eigenvalue weighted by Crippen LogP contribution is 2.32. The summed E-state index contributed by atoms with van der Waals surface area (Å²) in [6.45, 7) is 3.00. The number of anilines is 2. The summed E-state index contributed by atoms with van der Waals surface area (Å²) in [6.07, 6.45) is 0.934. The molecular weight excluding hydrogens is 414 g/mol. The van der Waals surface area contributed by atoms with Crippen molar-refractivity contribution in [1.82, 2.24) is 0 Å². The second-order valence-electron chi connectivity index (χ2n) is 6.52. The van der Waals surface area contributed by atoms with Crippen molar-refractivity contribution < 1.29 is 27.6 Å². The molecule has 0 unspecified atom stereocenters. The Labute approximate surface area is 174 Å². The molecule has 2 aromatic carbocycles. The van der Waals surface area contributed by atoms with Gasteiger partial charge in [0.25, 0.3) is 5.69 Å². The second kappa shape index (κ2) is 8.99. The molecule has 1 N–H and O–H groups in total. The Hall–Kier alpha value is -3.34. The van der Waals surface area contributed by atoms with Gasteiger partial charge in [-0.3, -0.25) is 19.2 Å². The zero-order valence-corrected chi connectivity index (χ0v) is 18.0. The van der Waals surface area contributed by atoms with Crippen molar-refractivity contribution in [2.24, 2.45) is 0 Å². The van der Waals surface area contributed by atoms with Crippen LogP contribution < -0.4 is 19.1 Å². The van der Waals surface area contributed by atoms with E-state index in [0.29, 0.717) is 22.7 Å². The number of nitrogens with zero attached hydrogens (tertiary/aromatic N) is 2. The molecule has 0 radical (unpaired) electrons. The largest absolute Gasteiger partial charge is 0.497 e. The zero-order chi connectivity index (χ0) is 22.6. The van der Waals surface area contributed by atoms with Crippen LogP contribution in [0.4, 0.5) is 17.1 Å². The van der Waals surface area contributed by atoms with Gasteiger partial charge in [-0.15, -0.1) is 0 Å². The van der Waals surface area contributed by atoms with Crippen molar-refractivity contribution >= 4 is 33.0 Å². The monoisotopic (exact) mass is 437 g/mol. The third kappa shape index (κ3) is 4.98. The number of hydrogen-bond acceptors (Lipinski definition) is 7. The van der Waals surface area contributed by atoms with Gasteiger partial charge in [-0.1, -0.05) is 6.07 Å². The molecule has 0 spiro atoms. The number of hydrogen-bond donors (Lipinski definition) is 1. The normalized spacial score (nSPS) is 12.0. The van der Waals surface area contributed by atoms with Crippen molar-refractivity contribution in [3.8, 4) is 11.5 Å². The quantitative estimate of drug-likeness (QED) is 0.497. The predicted molar refractivity (Wildman–Crippen MR) is 113 cm³/mol. The average Bonchev–Trinajstić information content (AvgIpc) is 2.68. The van der Waals surface area contributed by atoms with Gasteiger partial charge in [0.1, 0.15) is 17.5 Å². The van der Waals surface area contributed by atoms with Crippen LogP contribution in [0.1, 0.15) is 12.5 Å². The summed E-state index contributed by atoms with van der Waals surface area (Å²) in [6, 6.07) is 7.38. The number of rotatable bonds is 8. The van der Waals surface area contributed by atoms with Crippen LogP contribution in [0.15, 0.2) is 36.4 Å². The molecule has 2 rings (SSSR count). The van der Waals surface area contributed by atoms with Crippen LogP contribution in [0.5, 0.6) is 11.5 Å². The molecule has 0 bridgehead atoms. The van der Waals surface area contributed by atoms with Gasteiger partial charge in [0.05, 0.1) is 36.8 Å². The van der Waals surface area contributed by atoms with E-state index in [1.807, 2.05) is 0 Å². The molecule has 10 nitrogen and oxygen atoms in total. The molecule has 1 atom stereocenters. The Balaban J connectivity index is 2.44. The Morgan fingerprint density at radius 2 is 1.83 bits per heavy atom. The van der Waals surface area contributed by atoms with E-state index in [-0.39, 0.29) is 11.4 Å². The van der Waals surface area contributed by atoms with Gasteiger partial charge in [-0.05, 0) is 31.5 Å². The van der Waals surface area contributed by atoms with Gasteiger partial charge in [0, 0.05) is 18.2 Å². The molecule has 11 heteroatoms. The topological polar surface area (TPSA) is 128 Å². The highest BCUT2D eigenvalue weighted by Gasteiger charge is 2.31. The van der Waals surface area contributed by atoms with Crippen LogP contribution >= 0.6 is 0 Å². The number of nitro benzene ring substituents is 1. The Bertz CT molecular complexity index is 1070. The fourth-order valence-corrected chi connectivity index (χ4v) is 4.09. The number of nitro groups is 1. The fraction of sp³-hybridized carbons (Fsp3) is 0.316. The first-order valence-electron chi connectivity index (χ1n) is 8.77. The number of nitrogens with one attached hydrogen (secondary N) is 1. The number of sulfonamides is 1. The summed E-state index contributed by atoms with van der Waals surface area (Å²) >= 11 is 0. The SMILES string of the molecule is COc1ccc(NC(=O)[C@H](C)N(c2cc([N+](=O)[O-])ccc2C)S(C)(=O)=O)c(OC)c1. The summed E-state index contributed by atoms with van der Waals surface area (Å²) in [4.78, 5) is 23.4. The van der Waals surface area contributed by atoms with Gasteiger partial charge < -0.3 is 14.8 Å². The number of aryl methyl sites for hydroxylation is 1. The lowest BCUT2D eigenvalue weighted by atomic mass is 10.1. The molecule has 0 aliphatic heterocycles. The smallest absolute Gasteiger partial charge is 0.271 e. The maximum Gasteiger partial charge on any atom is 0.271 e. The number of benzene rings is 2. The summed E-state index contributed by atoms with van der Waals surface area (Å²) in [5.41, 5.74) is 0.553. The molecule has 1 amide bonds. The van der Waals surface area contributed by atoms with E-state index in [4.69, 9.17) is 9.47 Å². The maximum absolute atomic E-state index is 12.9. The molecule has 0 aromatic heterocycles. The third-order valence-electron chi connectivity index (χ3n) is 4.40. The number of non-ortho nitro benzene ring substituents is 1. The molecule has 30 heavy (non-hydrogen) atoms. The van der Waals surface area contributed by atoms with Gasteiger partial charge in [0.15, 0.2) is 0 Å². The molecule has 0 heterocycles. The third-order valence-corrected chi connectivity index (χ3v) is 5.62. The lowest BCUT2D eigenvalue weighted by Crippen LogP contribution is -2.45. The number of amides is 1. The van der Waals surface area contributed by atoms with Crippen LogP contribution in [0.2, 0.25) is 0 Å². The molecule has 0 saturated heterocycles. The Morgan fingerprint density at radius 1 is 1.17 bits per heavy atom. The van der Waals surface area contributed by atoms with Crippen molar-refractivity contribution in [2.45, 2.75) is 19.9 Å². The standard InChI is InChI=1S/C19H23N3O7S/c1-12-6-7-14(22(24)25)10-17(12)21(30(5,26)27)13(2)19(23)20-16-9-8-15(28-3)11-18(16)29-4/h6-11,13H,1-5H3,(H,20,23)/t13-/m0/s1. The molecule has 0 fully saturated rings. The number of carbonyl (C=O) groups is 1. The van der Waals surface area contributed by atoms with E-state index < -0.39 is 26.9 Å². The van der Waals surface area contributed by atoms with E-state index in [0.717, 1.165) is 16.6 Å². The molecule has 162 valence electrons. The number of methoxy groups -OCH3 is 2. The van der Waals surface area contributed by atoms with Crippen molar-refractivity contribution in [3.05, 3.63) is 52.1 Å². The van der Waals surface area contributed by atoms with E-state index >= 15 is 0 Å². The first-order valence-corrected chi connectivity index (χ1v) is 10.6. The zero-order valence-electron chi connectivity index (χ0n) is 17.2. The van der Waals surface area contributed by atoms with Crippen LogP contribution in [0.25, 0.3) is 0 Å². The molecule has 2 aromatic rings. The van der Waals surface area contributed by atoms with Gasteiger partial charge >= 0.3 is 0 Å². The molecule has 0 saturated carbocycles. The fourth-order valence-electron chi connectivity index (χ4n) is 2.87. The summed E-state index contributed by atoms with van der Waals surface area (Å²) in [5, 5.41) is 13.8. The lowest BCUT2D eigenvalue weighted by Gasteiger charge is -2.29. The minimum atomic E-state index is -3.95. The summed E-state index contributed by atoms with van der Waals surface area (Å²) < 4.78 is 36.2. The van der Waals surface area contributed by atoms with Gasteiger partial charge in [0.2, 0.25) is 15.9 Å². The number of carbonyl (C=O) groups excluding carboxylic acids is 1. The van der Waals surface area contributed by atoms with E-state index in [1.165, 1.54) is 33.3 Å². The second-order valence-corrected chi connectivity index (χ2v) is 8.38. The van der Waals surface area contributed by atoms with Gasteiger partial charge in [-0.2, -0.15) is 0 Å². The number of ether oxygens (including phenoxy) is 2.